The quantitative estimate of drug-likeness (QED) is 0.862. The maximum absolute atomic E-state index is 12.4. The zero-order chi connectivity index (χ0) is 14.8. The number of halogens is 1. The van der Waals surface area contributed by atoms with Gasteiger partial charge in [-0.2, -0.15) is 0 Å². The number of carbonyl (C=O) groups is 1. The van der Waals surface area contributed by atoms with Crippen LogP contribution in [0.25, 0.3) is 0 Å². The molecule has 0 saturated heterocycles. The minimum atomic E-state index is -0.619. The van der Waals surface area contributed by atoms with Gasteiger partial charge >= 0.3 is 0 Å². The van der Waals surface area contributed by atoms with Gasteiger partial charge in [0.15, 0.2) is 0 Å². The molecule has 2 saturated carbocycles. The summed E-state index contributed by atoms with van der Waals surface area (Å²) < 4.78 is 0.196. The molecule has 22 heavy (non-hydrogen) atoms. The number of rotatable bonds is 5. The Bertz CT molecular complexity index is 499. The molecule has 0 radical (unpaired) electrons. The summed E-state index contributed by atoms with van der Waals surface area (Å²) in [7, 11) is 0. The molecule has 0 aromatic heterocycles. The van der Waals surface area contributed by atoms with Gasteiger partial charge in [-0.25, -0.2) is 0 Å². The lowest BCUT2D eigenvalue weighted by Gasteiger charge is -2.32. The van der Waals surface area contributed by atoms with Crippen molar-refractivity contribution in [1.29, 1.82) is 0 Å². The number of carbonyl (C=O) groups excluding carboxylic acids is 1. The predicted octanol–water partition coefficient (Wildman–Crippen LogP) is 3.51. The van der Waals surface area contributed by atoms with Crippen LogP contribution in [0.5, 0.6) is 0 Å². The second kappa shape index (κ2) is 7.24. The molecule has 0 atom stereocenters. The fraction of sp³-hybridized carbons (Fsp3) is 0.588. The number of thioether (sulfide) groups is 1. The third kappa shape index (κ3) is 4.18. The SMILES string of the molecule is Cl.NC1(C(=O)NCC2(Sc3ccccc3)CC2)CCCCC1. The zero-order valence-corrected chi connectivity index (χ0v) is 14.5. The van der Waals surface area contributed by atoms with Crippen molar-refractivity contribution in [3.05, 3.63) is 30.3 Å². The largest absolute Gasteiger partial charge is 0.353 e. The summed E-state index contributed by atoms with van der Waals surface area (Å²) in [4.78, 5) is 13.7. The van der Waals surface area contributed by atoms with E-state index in [1.165, 1.54) is 24.2 Å². The smallest absolute Gasteiger partial charge is 0.240 e. The summed E-state index contributed by atoms with van der Waals surface area (Å²) in [5, 5.41) is 3.13. The van der Waals surface area contributed by atoms with E-state index in [1.54, 1.807) is 0 Å². The summed E-state index contributed by atoms with van der Waals surface area (Å²) in [5.41, 5.74) is 5.67. The van der Waals surface area contributed by atoms with Crippen molar-refractivity contribution in [1.82, 2.24) is 5.32 Å². The second-order valence-corrected chi connectivity index (χ2v) is 8.04. The van der Waals surface area contributed by atoms with Gasteiger partial charge in [0.2, 0.25) is 5.91 Å². The van der Waals surface area contributed by atoms with Crippen LogP contribution < -0.4 is 11.1 Å². The first-order chi connectivity index (χ1) is 10.1. The molecular formula is C17H25ClN2OS. The summed E-state index contributed by atoms with van der Waals surface area (Å²) >= 11 is 1.89. The number of hydrogen-bond donors (Lipinski definition) is 2. The van der Waals surface area contributed by atoms with Gasteiger partial charge in [-0.05, 0) is 37.8 Å². The van der Waals surface area contributed by atoms with Gasteiger partial charge in [-0.3, -0.25) is 4.79 Å². The molecule has 0 aliphatic heterocycles. The first kappa shape index (κ1) is 17.6. The van der Waals surface area contributed by atoms with Crippen LogP contribution in [0.3, 0.4) is 0 Å². The lowest BCUT2D eigenvalue weighted by molar-refractivity contribution is -0.127. The highest BCUT2D eigenvalue weighted by atomic mass is 35.5. The molecule has 1 aromatic rings. The topological polar surface area (TPSA) is 55.1 Å². The van der Waals surface area contributed by atoms with Gasteiger partial charge in [0.05, 0.1) is 5.54 Å². The Morgan fingerprint density at radius 3 is 2.32 bits per heavy atom. The van der Waals surface area contributed by atoms with E-state index in [0.717, 1.165) is 32.2 Å². The van der Waals surface area contributed by atoms with E-state index < -0.39 is 5.54 Å². The Morgan fingerprint density at radius 2 is 1.73 bits per heavy atom. The fourth-order valence-electron chi connectivity index (χ4n) is 3.02. The van der Waals surface area contributed by atoms with E-state index in [1.807, 2.05) is 17.8 Å². The van der Waals surface area contributed by atoms with E-state index in [2.05, 4.69) is 29.6 Å². The average molecular weight is 341 g/mol. The van der Waals surface area contributed by atoms with Crippen LogP contribution in [0.2, 0.25) is 0 Å². The Labute approximate surface area is 143 Å². The highest BCUT2D eigenvalue weighted by Gasteiger charge is 2.45. The molecule has 5 heteroatoms. The Balaban J connectivity index is 0.00000176. The fourth-order valence-corrected chi connectivity index (χ4v) is 4.26. The Morgan fingerprint density at radius 1 is 1.09 bits per heavy atom. The van der Waals surface area contributed by atoms with Crippen LogP contribution >= 0.6 is 24.2 Å². The molecule has 0 bridgehead atoms. The van der Waals surface area contributed by atoms with Crippen LogP contribution in [0, 0.1) is 0 Å². The van der Waals surface area contributed by atoms with Crippen LogP contribution in [0.4, 0.5) is 0 Å². The molecule has 1 amide bonds. The molecule has 0 heterocycles. The number of benzene rings is 1. The van der Waals surface area contributed by atoms with Crippen LogP contribution in [0.15, 0.2) is 35.2 Å². The Kier molecular flexibility index (Phi) is 5.81. The van der Waals surface area contributed by atoms with Crippen molar-refractivity contribution >= 4 is 30.1 Å². The molecule has 2 aliphatic rings. The van der Waals surface area contributed by atoms with Crippen LogP contribution in [0.1, 0.15) is 44.9 Å². The predicted molar refractivity (Wildman–Crippen MR) is 94.5 cm³/mol. The summed E-state index contributed by atoms with van der Waals surface area (Å²) in [6, 6.07) is 10.4. The van der Waals surface area contributed by atoms with Gasteiger partial charge in [0.1, 0.15) is 0 Å². The van der Waals surface area contributed by atoms with E-state index in [-0.39, 0.29) is 23.1 Å². The number of nitrogens with two attached hydrogens (primary N) is 1. The van der Waals surface area contributed by atoms with Crippen LogP contribution in [-0.2, 0) is 4.79 Å². The van der Waals surface area contributed by atoms with Gasteiger partial charge in [0, 0.05) is 16.2 Å². The molecular weight excluding hydrogens is 316 g/mol. The van der Waals surface area contributed by atoms with Crippen molar-refractivity contribution < 1.29 is 4.79 Å². The minimum Gasteiger partial charge on any atom is -0.353 e. The molecule has 3 rings (SSSR count). The number of hydrogen-bond acceptors (Lipinski definition) is 3. The van der Waals surface area contributed by atoms with Crippen molar-refractivity contribution in [3.63, 3.8) is 0 Å². The average Bonchev–Trinajstić information content (AvgIpc) is 3.26. The van der Waals surface area contributed by atoms with Crippen molar-refractivity contribution in [2.45, 2.75) is 60.1 Å². The van der Waals surface area contributed by atoms with Crippen molar-refractivity contribution in [3.8, 4) is 0 Å². The van der Waals surface area contributed by atoms with Gasteiger partial charge < -0.3 is 11.1 Å². The first-order valence-corrected chi connectivity index (χ1v) is 8.75. The maximum atomic E-state index is 12.4. The third-order valence-corrected chi connectivity index (χ3v) is 6.15. The van der Waals surface area contributed by atoms with Gasteiger partial charge in [-0.15, -0.1) is 24.2 Å². The summed E-state index contributed by atoms with van der Waals surface area (Å²) in [6.45, 7) is 0.740. The van der Waals surface area contributed by atoms with Crippen LogP contribution in [-0.4, -0.2) is 22.7 Å². The zero-order valence-electron chi connectivity index (χ0n) is 12.8. The molecule has 122 valence electrons. The van der Waals surface area contributed by atoms with E-state index >= 15 is 0 Å². The molecule has 3 nitrogen and oxygen atoms in total. The maximum Gasteiger partial charge on any atom is 0.240 e. The number of amides is 1. The van der Waals surface area contributed by atoms with E-state index in [0.29, 0.717) is 0 Å². The Hall–Kier alpha value is -0.710. The van der Waals surface area contributed by atoms with E-state index in [4.69, 9.17) is 5.73 Å². The monoisotopic (exact) mass is 340 g/mol. The second-order valence-electron chi connectivity index (χ2n) is 6.50. The first-order valence-electron chi connectivity index (χ1n) is 7.93. The molecule has 1 aromatic carbocycles. The number of nitrogens with one attached hydrogen (secondary N) is 1. The van der Waals surface area contributed by atoms with Crippen molar-refractivity contribution in [2.24, 2.45) is 5.73 Å². The molecule has 2 fully saturated rings. The minimum absolute atomic E-state index is 0. The molecule has 0 spiro atoms. The van der Waals surface area contributed by atoms with E-state index in [9.17, 15) is 4.79 Å². The van der Waals surface area contributed by atoms with Crippen molar-refractivity contribution in [2.75, 3.05) is 6.54 Å². The highest BCUT2D eigenvalue weighted by Crippen LogP contribution is 2.51. The van der Waals surface area contributed by atoms with Gasteiger partial charge in [-0.1, -0.05) is 37.5 Å². The highest BCUT2D eigenvalue weighted by molar-refractivity contribution is 8.01. The normalized spacial score (nSPS) is 21.5. The lowest BCUT2D eigenvalue weighted by Crippen LogP contribution is -2.56. The molecule has 0 unspecified atom stereocenters. The standard InChI is InChI=1S/C17H24N2OS.ClH/c18-17(9-5-2-6-10-17)15(20)19-13-16(11-12-16)21-14-7-3-1-4-8-14;/h1,3-4,7-8H,2,5-6,9-13,18H2,(H,19,20);1H. The molecule has 3 N–H and O–H groups in total. The van der Waals surface area contributed by atoms with Gasteiger partial charge in [0.25, 0.3) is 0 Å². The third-order valence-electron chi connectivity index (χ3n) is 4.65. The summed E-state index contributed by atoms with van der Waals surface area (Å²) in [6.07, 6.45) is 7.37. The summed E-state index contributed by atoms with van der Waals surface area (Å²) in [5.74, 6) is 0.0575. The molecule has 2 aliphatic carbocycles. The lowest BCUT2D eigenvalue weighted by atomic mass is 9.82.